The van der Waals surface area contributed by atoms with Crippen molar-refractivity contribution in [3.63, 3.8) is 0 Å². The molecule has 0 saturated carbocycles. The average Bonchev–Trinajstić information content (AvgIpc) is 2.58. The number of carboxylic acids is 1. The smallest absolute Gasteiger partial charge is 0.389 e. The van der Waals surface area contributed by atoms with Gasteiger partial charge in [0.05, 0.1) is 5.92 Å². The monoisotopic (exact) mass is 267 g/mol. The predicted molar refractivity (Wildman–Crippen MR) is 61.2 cm³/mol. The van der Waals surface area contributed by atoms with Gasteiger partial charge >= 0.3 is 12.1 Å². The van der Waals surface area contributed by atoms with Crippen LogP contribution in [0.25, 0.3) is 0 Å². The molecule has 0 radical (unpaired) electrons. The van der Waals surface area contributed by atoms with Crippen molar-refractivity contribution in [2.24, 2.45) is 11.8 Å². The van der Waals surface area contributed by atoms with Crippen LogP contribution >= 0.6 is 0 Å². The van der Waals surface area contributed by atoms with Gasteiger partial charge in [-0.05, 0) is 25.7 Å². The van der Waals surface area contributed by atoms with E-state index in [2.05, 4.69) is 0 Å². The number of carbonyl (C=O) groups is 1. The molecule has 0 spiro atoms. The van der Waals surface area contributed by atoms with E-state index in [4.69, 9.17) is 5.11 Å². The average molecular weight is 267 g/mol. The van der Waals surface area contributed by atoms with Gasteiger partial charge in [-0.25, -0.2) is 0 Å². The van der Waals surface area contributed by atoms with Crippen LogP contribution in [-0.4, -0.2) is 41.3 Å². The Labute approximate surface area is 105 Å². The van der Waals surface area contributed by atoms with Crippen molar-refractivity contribution in [1.82, 2.24) is 4.90 Å². The number of alkyl halides is 3. The van der Waals surface area contributed by atoms with Crippen LogP contribution in [0.1, 0.15) is 33.1 Å². The maximum absolute atomic E-state index is 12.0. The topological polar surface area (TPSA) is 40.5 Å². The van der Waals surface area contributed by atoms with Crippen LogP contribution in [0.4, 0.5) is 13.2 Å². The molecule has 6 heteroatoms. The summed E-state index contributed by atoms with van der Waals surface area (Å²) in [4.78, 5) is 12.9. The minimum atomic E-state index is -4.10. The summed E-state index contributed by atoms with van der Waals surface area (Å²) in [6.45, 7) is 4.85. The summed E-state index contributed by atoms with van der Waals surface area (Å²) < 4.78 is 36.1. The highest BCUT2D eigenvalue weighted by Crippen LogP contribution is 2.28. The lowest BCUT2D eigenvalue weighted by molar-refractivity contribution is -0.142. The minimum Gasteiger partial charge on any atom is -0.481 e. The van der Waals surface area contributed by atoms with Gasteiger partial charge in [-0.1, -0.05) is 6.92 Å². The van der Waals surface area contributed by atoms with Gasteiger partial charge in [0.15, 0.2) is 0 Å². The van der Waals surface area contributed by atoms with Crippen molar-refractivity contribution < 1.29 is 23.1 Å². The largest absolute Gasteiger partial charge is 0.481 e. The zero-order valence-corrected chi connectivity index (χ0v) is 10.7. The Morgan fingerprint density at radius 3 is 2.50 bits per heavy atom. The molecule has 3 atom stereocenters. The van der Waals surface area contributed by atoms with E-state index < -0.39 is 24.5 Å². The van der Waals surface area contributed by atoms with E-state index in [1.807, 2.05) is 18.7 Å². The highest BCUT2D eigenvalue weighted by Gasteiger charge is 2.36. The summed E-state index contributed by atoms with van der Waals surface area (Å²) in [5.74, 6) is -1.14. The summed E-state index contributed by atoms with van der Waals surface area (Å²) in [6, 6.07) is 0.0131. The molecule has 1 saturated heterocycles. The van der Waals surface area contributed by atoms with Crippen LogP contribution < -0.4 is 0 Å². The van der Waals surface area contributed by atoms with Crippen molar-refractivity contribution in [2.75, 3.05) is 13.1 Å². The Kier molecular flexibility index (Phi) is 5.01. The molecule has 0 aromatic heterocycles. The van der Waals surface area contributed by atoms with Crippen LogP contribution in [0.5, 0.6) is 0 Å². The molecule has 1 N–H and O–H groups in total. The van der Waals surface area contributed by atoms with Crippen molar-refractivity contribution in [2.45, 2.75) is 45.3 Å². The van der Waals surface area contributed by atoms with Crippen LogP contribution in [0.3, 0.4) is 0 Å². The molecule has 1 aliphatic heterocycles. The molecule has 1 rings (SSSR count). The number of rotatable bonds is 5. The lowest BCUT2D eigenvalue weighted by Crippen LogP contribution is -2.32. The molecular weight excluding hydrogens is 247 g/mol. The van der Waals surface area contributed by atoms with E-state index in [1.165, 1.54) is 0 Å². The zero-order valence-electron chi connectivity index (χ0n) is 10.7. The van der Waals surface area contributed by atoms with Gasteiger partial charge in [-0.15, -0.1) is 0 Å². The second-order valence-corrected chi connectivity index (χ2v) is 5.23. The molecule has 0 amide bonds. The Bertz CT molecular complexity index is 294. The fourth-order valence-corrected chi connectivity index (χ4v) is 2.47. The molecule has 1 aliphatic rings. The minimum absolute atomic E-state index is 0.0131. The molecule has 0 aromatic rings. The van der Waals surface area contributed by atoms with E-state index in [1.54, 1.807) is 0 Å². The fourth-order valence-electron chi connectivity index (χ4n) is 2.47. The third kappa shape index (κ3) is 4.48. The SMILES string of the molecule is CC1CN(C(C)CCCC(F)(F)F)CC1C(=O)O. The number of nitrogens with zero attached hydrogens (tertiary/aromatic N) is 1. The number of hydrogen-bond donors (Lipinski definition) is 1. The van der Waals surface area contributed by atoms with Gasteiger partial charge < -0.3 is 5.11 Å². The third-order valence-electron chi connectivity index (χ3n) is 3.66. The molecule has 1 heterocycles. The lowest BCUT2D eigenvalue weighted by atomic mass is 9.99. The van der Waals surface area contributed by atoms with Crippen LogP contribution in [0, 0.1) is 11.8 Å². The highest BCUT2D eigenvalue weighted by atomic mass is 19.4. The Balaban J connectivity index is 2.35. The van der Waals surface area contributed by atoms with Gasteiger partial charge in [0.25, 0.3) is 0 Å². The first-order valence-corrected chi connectivity index (χ1v) is 6.24. The van der Waals surface area contributed by atoms with Gasteiger partial charge in [-0.3, -0.25) is 9.69 Å². The van der Waals surface area contributed by atoms with Gasteiger partial charge in [0.2, 0.25) is 0 Å². The molecule has 18 heavy (non-hydrogen) atoms. The zero-order chi connectivity index (χ0) is 13.9. The van der Waals surface area contributed by atoms with E-state index in [0.29, 0.717) is 19.5 Å². The molecule has 0 aromatic carbocycles. The van der Waals surface area contributed by atoms with Gasteiger partial charge in [-0.2, -0.15) is 13.2 Å². The summed E-state index contributed by atoms with van der Waals surface area (Å²) in [5, 5.41) is 8.99. The van der Waals surface area contributed by atoms with Crippen LogP contribution in [0.15, 0.2) is 0 Å². The molecular formula is C12H20F3NO2. The number of hydrogen-bond acceptors (Lipinski definition) is 2. The molecule has 0 bridgehead atoms. The number of carboxylic acid groups (broad SMARTS) is 1. The number of likely N-dealkylation sites (tertiary alicyclic amines) is 1. The van der Waals surface area contributed by atoms with E-state index >= 15 is 0 Å². The van der Waals surface area contributed by atoms with Crippen molar-refractivity contribution in [1.29, 1.82) is 0 Å². The lowest BCUT2D eigenvalue weighted by Gasteiger charge is -2.24. The first-order valence-electron chi connectivity index (χ1n) is 6.24. The standard InChI is InChI=1S/C12H20F3NO2/c1-8-6-16(7-10(8)11(17)18)9(2)4-3-5-12(13,14)15/h8-10H,3-7H2,1-2H3,(H,17,18). The van der Waals surface area contributed by atoms with E-state index in [0.717, 1.165) is 0 Å². The van der Waals surface area contributed by atoms with Crippen LogP contribution in [0.2, 0.25) is 0 Å². The molecule has 0 aliphatic carbocycles. The van der Waals surface area contributed by atoms with Crippen LogP contribution in [-0.2, 0) is 4.79 Å². The van der Waals surface area contributed by atoms with Crippen molar-refractivity contribution in [3.8, 4) is 0 Å². The Morgan fingerprint density at radius 2 is 2.06 bits per heavy atom. The normalized spacial score (nSPS) is 27.4. The second kappa shape index (κ2) is 5.91. The quantitative estimate of drug-likeness (QED) is 0.832. The molecule has 3 unspecified atom stereocenters. The maximum Gasteiger partial charge on any atom is 0.389 e. The Morgan fingerprint density at radius 1 is 1.44 bits per heavy atom. The number of aliphatic carboxylic acids is 1. The Hall–Kier alpha value is -0.780. The highest BCUT2D eigenvalue weighted by molar-refractivity contribution is 5.71. The third-order valence-corrected chi connectivity index (χ3v) is 3.66. The first-order chi connectivity index (χ1) is 8.20. The van der Waals surface area contributed by atoms with E-state index in [-0.39, 0.29) is 18.4 Å². The summed E-state index contributed by atoms with van der Waals surface area (Å²) in [5.41, 5.74) is 0. The van der Waals surface area contributed by atoms with Gasteiger partial charge in [0.1, 0.15) is 0 Å². The van der Waals surface area contributed by atoms with Crippen molar-refractivity contribution in [3.05, 3.63) is 0 Å². The fraction of sp³-hybridized carbons (Fsp3) is 0.917. The van der Waals surface area contributed by atoms with E-state index in [9.17, 15) is 18.0 Å². The van der Waals surface area contributed by atoms with Gasteiger partial charge in [0, 0.05) is 25.6 Å². The van der Waals surface area contributed by atoms with Crippen molar-refractivity contribution >= 4 is 5.97 Å². The first kappa shape index (κ1) is 15.3. The summed E-state index contributed by atoms with van der Waals surface area (Å²) in [6.07, 6.45) is -4.30. The summed E-state index contributed by atoms with van der Waals surface area (Å²) in [7, 11) is 0. The molecule has 3 nitrogen and oxygen atoms in total. The number of halogens is 3. The predicted octanol–water partition coefficient (Wildman–Crippen LogP) is 2.76. The maximum atomic E-state index is 12.0. The molecule has 1 fully saturated rings. The second-order valence-electron chi connectivity index (χ2n) is 5.23. The molecule has 106 valence electrons. The summed E-state index contributed by atoms with van der Waals surface area (Å²) >= 11 is 0.